The van der Waals surface area contributed by atoms with Crippen molar-refractivity contribution in [1.29, 1.82) is 0 Å². The van der Waals surface area contributed by atoms with E-state index >= 15 is 0 Å². The van der Waals surface area contributed by atoms with Gasteiger partial charge in [-0.25, -0.2) is 9.89 Å². The van der Waals surface area contributed by atoms with Gasteiger partial charge in [0.2, 0.25) is 5.70 Å². The van der Waals surface area contributed by atoms with Gasteiger partial charge in [-0.2, -0.15) is 0 Å². The molecule has 1 heterocycles. The van der Waals surface area contributed by atoms with Crippen LogP contribution in [0, 0.1) is 13.8 Å². The van der Waals surface area contributed by atoms with Crippen molar-refractivity contribution >= 4 is 29.5 Å². The van der Waals surface area contributed by atoms with E-state index in [2.05, 4.69) is 15.6 Å². The molecule has 0 fully saturated rings. The molecule has 0 spiro atoms. The lowest BCUT2D eigenvalue weighted by Gasteiger charge is -2.13. The van der Waals surface area contributed by atoms with Crippen LogP contribution in [0.2, 0.25) is 0 Å². The van der Waals surface area contributed by atoms with Crippen molar-refractivity contribution in [2.75, 3.05) is 17.2 Å². The van der Waals surface area contributed by atoms with Crippen LogP contribution in [0.1, 0.15) is 11.1 Å². The molecule has 2 aromatic carbocycles. The molecule has 6 heteroatoms. The summed E-state index contributed by atoms with van der Waals surface area (Å²) in [4.78, 5) is 29.4. The van der Waals surface area contributed by atoms with E-state index in [1.54, 1.807) is 6.34 Å². The maximum Gasteiger partial charge on any atom is 0.311 e. The minimum absolute atomic E-state index is 0.0878. The van der Waals surface area contributed by atoms with Crippen molar-refractivity contribution in [3.63, 3.8) is 0 Å². The highest BCUT2D eigenvalue weighted by Gasteiger charge is 2.27. The molecule has 6 nitrogen and oxygen atoms in total. The van der Waals surface area contributed by atoms with Gasteiger partial charge in [-0.05, 0) is 38.1 Å². The Balaban J connectivity index is 1.59. The number of hydrogen-bond acceptors (Lipinski definition) is 3. The molecule has 0 aliphatic carbocycles. The highest BCUT2D eigenvalue weighted by molar-refractivity contribution is 6.03. The third-order valence-electron chi connectivity index (χ3n) is 4.02. The first-order valence-electron chi connectivity index (χ1n) is 8.35. The van der Waals surface area contributed by atoms with Crippen LogP contribution in [0.25, 0.3) is 0 Å². The predicted octanol–water partition coefficient (Wildman–Crippen LogP) is 1.65. The molecule has 1 atom stereocenters. The minimum atomic E-state index is -0.274. The van der Waals surface area contributed by atoms with Crippen LogP contribution in [0.3, 0.4) is 0 Å². The maximum absolute atomic E-state index is 12.5. The number of rotatable bonds is 5. The van der Waals surface area contributed by atoms with E-state index in [0.29, 0.717) is 16.3 Å². The normalized spacial score (nSPS) is 15.5. The van der Waals surface area contributed by atoms with Gasteiger partial charge >= 0.3 is 5.91 Å². The number of carbonyl (C=O) groups is 2. The Bertz CT molecular complexity index is 868. The van der Waals surface area contributed by atoms with Crippen molar-refractivity contribution in [2.45, 2.75) is 13.8 Å². The molecule has 132 valence electrons. The number of benzene rings is 2. The van der Waals surface area contributed by atoms with Crippen molar-refractivity contribution in [2.24, 2.45) is 4.99 Å². The molecule has 2 amide bonds. The molecule has 0 saturated carbocycles. The Kier molecular flexibility index (Phi) is 5.24. The Hall–Kier alpha value is -3.25. The van der Waals surface area contributed by atoms with Crippen molar-refractivity contribution in [1.82, 2.24) is 0 Å². The molecule has 3 rings (SSSR count). The van der Waals surface area contributed by atoms with Gasteiger partial charge in [0.15, 0.2) is 12.9 Å². The van der Waals surface area contributed by atoms with Crippen LogP contribution >= 0.6 is 0 Å². The topological polar surface area (TPSA) is 75.0 Å². The van der Waals surface area contributed by atoms with Gasteiger partial charge in [0.25, 0.3) is 5.91 Å². The molecular formula is C20H21N4O2+. The number of nitrogens with zero attached hydrogens (tertiary/aromatic N) is 1. The number of amides is 2. The first kappa shape index (κ1) is 17.6. The largest absolute Gasteiger partial charge is 0.321 e. The molecule has 1 aliphatic rings. The summed E-state index contributed by atoms with van der Waals surface area (Å²) in [6.45, 7) is 4.06. The molecular weight excluding hydrogens is 328 g/mol. The second-order valence-electron chi connectivity index (χ2n) is 6.26. The first-order chi connectivity index (χ1) is 12.5. The predicted molar refractivity (Wildman–Crippen MR) is 102 cm³/mol. The Morgan fingerprint density at radius 3 is 2.00 bits per heavy atom. The van der Waals surface area contributed by atoms with Gasteiger partial charge < -0.3 is 10.6 Å². The summed E-state index contributed by atoms with van der Waals surface area (Å²) in [7, 11) is 0. The lowest BCUT2D eigenvalue weighted by molar-refractivity contribution is -0.736. The summed E-state index contributed by atoms with van der Waals surface area (Å²) in [5, 5.41) is 5.66. The maximum atomic E-state index is 12.5. The summed E-state index contributed by atoms with van der Waals surface area (Å²) in [6, 6.07) is 15.1. The van der Waals surface area contributed by atoms with Crippen LogP contribution in [-0.2, 0) is 9.59 Å². The Morgan fingerprint density at radius 1 is 0.885 bits per heavy atom. The Labute approximate surface area is 152 Å². The standard InChI is InChI=1S/C20H20N4O2/c1-14-3-7-16(8-4-14)22-19(25)12-24-13-21-11-18(24)20(26)23-17-9-5-15(2)6-10-17/h3-11,13H,12H2,1-2H3,(H,22,25)(H,23,26)/p+1. The van der Waals surface area contributed by atoms with E-state index in [1.807, 2.05) is 62.4 Å². The fourth-order valence-electron chi connectivity index (χ4n) is 2.55. The molecule has 0 aromatic heterocycles. The number of aliphatic imine (C=N–C) groups is 1. The lowest BCUT2D eigenvalue weighted by Crippen LogP contribution is -3.10. The number of quaternary nitrogens is 1. The lowest BCUT2D eigenvalue weighted by atomic mass is 10.2. The van der Waals surface area contributed by atoms with Crippen molar-refractivity contribution in [3.8, 4) is 0 Å². The number of anilines is 2. The number of hydrogen-bond donors (Lipinski definition) is 3. The van der Waals surface area contributed by atoms with Crippen LogP contribution in [0.4, 0.5) is 11.4 Å². The van der Waals surface area contributed by atoms with E-state index in [1.165, 1.54) is 6.20 Å². The van der Waals surface area contributed by atoms with E-state index < -0.39 is 0 Å². The molecule has 3 N–H and O–H groups in total. The zero-order valence-electron chi connectivity index (χ0n) is 14.7. The van der Waals surface area contributed by atoms with Crippen LogP contribution in [0.15, 0.2) is 65.4 Å². The molecule has 2 aromatic rings. The summed E-state index contributed by atoms with van der Waals surface area (Å²) < 4.78 is 0. The second kappa shape index (κ2) is 7.76. The van der Waals surface area contributed by atoms with E-state index in [0.717, 1.165) is 16.8 Å². The van der Waals surface area contributed by atoms with Gasteiger partial charge in [-0.1, -0.05) is 35.4 Å². The summed E-state index contributed by atoms with van der Waals surface area (Å²) in [5.41, 5.74) is 4.08. The molecule has 1 unspecified atom stereocenters. The molecule has 0 bridgehead atoms. The Morgan fingerprint density at radius 2 is 1.42 bits per heavy atom. The number of carbonyl (C=O) groups excluding carboxylic acids is 2. The minimum Gasteiger partial charge on any atom is -0.321 e. The number of aryl methyl sites for hydroxylation is 2. The van der Waals surface area contributed by atoms with Gasteiger partial charge in [-0.15, -0.1) is 0 Å². The molecule has 26 heavy (non-hydrogen) atoms. The van der Waals surface area contributed by atoms with E-state index in [-0.39, 0.29) is 18.4 Å². The van der Waals surface area contributed by atoms with Crippen LogP contribution < -0.4 is 15.5 Å². The fraction of sp³-hybridized carbons (Fsp3) is 0.150. The van der Waals surface area contributed by atoms with Gasteiger partial charge in [-0.3, -0.25) is 9.59 Å². The fourth-order valence-corrected chi connectivity index (χ4v) is 2.55. The first-order valence-corrected chi connectivity index (χ1v) is 8.35. The highest BCUT2D eigenvalue weighted by atomic mass is 16.2. The molecule has 0 radical (unpaired) electrons. The van der Waals surface area contributed by atoms with Crippen LogP contribution in [-0.4, -0.2) is 24.7 Å². The highest BCUT2D eigenvalue weighted by Crippen LogP contribution is 2.10. The van der Waals surface area contributed by atoms with Crippen molar-refractivity contribution < 1.29 is 14.5 Å². The number of nitrogens with one attached hydrogen (secondary N) is 3. The van der Waals surface area contributed by atoms with Crippen LogP contribution in [0.5, 0.6) is 0 Å². The smallest absolute Gasteiger partial charge is 0.311 e. The second-order valence-corrected chi connectivity index (χ2v) is 6.26. The third kappa shape index (κ3) is 4.43. The zero-order chi connectivity index (χ0) is 18.5. The average molecular weight is 349 g/mol. The average Bonchev–Trinajstić information content (AvgIpc) is 3.07. The summed E-state index contributed by atoms with van der Waals surface area (Å²) in [6.07, 6.45) is 3.04. The van der Waals surface area contributed by atoms with E-state index in [9.17, 15) is 9.59 Å². The third-order valence-corrected chi connectivity index (χ3v) is 4.02. The van der Waals surface area contributed by atoms with Gasteiger partial charge in [0.1, 0.15) is 0 Å². The molecule has 0 saturated heterocycles. The quantitative estimate of drug-likeness (QED) is 0.768. The van der Waals surface area contributed by atoms with E-state index in [4.69, 9.17) is 0 Å². The molecule has 1 aliphatic heterocycles. The monoisotopic (exact) mass is 349 g/mol. The van der Waals surface area contributed by atoms with Crippen molar-refractivity contribution in [3.05, 3.63) is 71.6 Å². The summed E-state index contributed by atoms with van der Waals surface area (Å²) in [5.74, 6) is -0.462. The summed E-state index contributed by atoms with van der Waals surface area (Å²) >= 11 is 0. The zero-order valence-corrected chi connectivity index (χ0v) is 14.7. The van der Waals surface area contributed by atoms with Gasteiger partial charge in [0.05, 0.1) is 6.20 Å². The SMILES string of the molecule is Cc1ccc(NC(=O)C[NH+]2C=NC=C2C(=O)Nc2ccc(C)cc2)cc1. The van der Waals surface area contributed by atoms with Gasteiger partial charge in [0, 0.05) is 11.4 Å².